The number of carbonyl (C=O) groups excluding carboxylic acids is 1. The molecule has 1 heterocycles. The molecule has 0 radical (unpaired) electrons. The molecule has 0 aliphatic carbocycles. The molecule has 0 aliphatic heterocycles. The number of ether oxygens (including phenoxy) is 1. The maximum atomic E-state index is 12.1. The quantitative estimate of drug-likeness (QED) is 0.667. The number of carbonyl (C=O) groups is 1. The summed E-state index contributed by atoms with van der Waals surface area (Å²) in [5.74, 6) is -0.528. The van der Waals surface area contributed by atoms with Crippen LogP contribution in [0.15, 0.2) is 53.5 Å². The normalized spacial score (nSPS) is 10.8. The van der Waals surface area contributed by atoms with Crippen molar-refractivity contribution in [3.63, 3.8) is 0 Å². The van der Waals surface area contributed by atoms with Crippen molar-refractivity contribution in [1.82, 2.24) is 9.55 Å². The van der Waals surface area contributed by atoms with Crippen LogP contribution < -0.4 is 5.56 Å². The minimum atomic E-state index is -0.528. The molecule has 2 aromatic carbocycles. The molecule has 0 spiro atoms. The first kappa shape index (κ1) is 16.5. The first-order chi connectivity index (χ1) is 11.5. The van der Waals surface area contributed by atoms with Crippen molar-refractivity contribution in [3.05, 3.63) is 74.6 Å². The highest BCUT2D eigenvalue weighted by molar-refractivity contribution is 6.42. The molecule has 1 aromatic heterocycles. The Balaban J connectivity index is 1.84. The van der Waals surface area contributed by atoms with Crippen LogP contribution in [0.1, 0.15) is 5.56 Å². The SMILES string of the molecule is O=C(Cn1c(=O)cnc2cc(Cl)c(Cl)cc21)OCc1ccccc1. The predicted molar refractivity (Wildman–Crippen MR) is 92.3 cm³/mol. The number of halogens is 2. The van der Waals surface area contributed by atoms with Gasteiger partial charge < -0.3 is 4.74 Å². The van der Waals surface area contributed by atoms with E-state index in [0.717, 1.165) is 11.8 Å². The summed E-state index contributed by atoms with van der Waals surface area (Å²) in [5.41, 5.74) is 1.35. The minimum absolute atomic E-state index is 0.143. The van der Waals surface area contributed by atoms with Crippen LogP contribution in [0, 0.1) is 0 Å². The van der Waals surface area contributed by atoms with Gasteiger partial charge in [-0.15, -0.1) is 0 Å². The van der Waals surface area contributed by atoms with Crippen LogP contribution in [0.2, 0.25) is 10.0 Å². The molecular weight excluding hydrogens is 351 g/mol. The van der Waals surface area contributed by atoms with Gasteiger partial charge in [-0.2, -0.15) is 0 Å². The molecule has 0 saturated carbocycles. The van der Waals surface area contributed by atoms with Gasteiger partial charge in [0.1, 0.15) is 13.2 Å². The van der Waals surface area contributed by atoms with E-state index >= 15 is 0 Å². The van der Waals surface area contributed by atoms with Crippen LogP contribution in [-0.4, -0.2) is 15.5 Å². The third-order valence-electron chi connectivity index (χ3n) is 3.42. The number of aromatic nitrogens is 2. The molecule has 0 unspecified atom stereocenters. The summed E-state index contributed by atoms with van der Waals surface area (Å²) in [6.45, 7) is -0.0906. The van der Waals surface area contributed by atoms with Crippen molar-refractivity contribution >= 4 is 40.2 Å². The zero-order valence-corrected chi connectivity index (χ0v) is 13.9. The largest absolute Gasteiger partial charge is 0.459 e. The van der Waals surface area contributed by atoms with Crippen molar-refractivity contribution in [3.8, 4) is 0 Å². The highest BCUT2D eigenvalue weighted by atomic mass is 35.5. The molecule has 0 bridgehead atoms. The molecule has 0 fully saturated rings. The van der Waals surface area contributed by atoms with Gasteiger partial charge in [-0.3, -0.25) is 14.2 Å². The lowest BCUT2D eigenvalue weighted by molar-refractivity contribution is -0.145. The van der Waals surface area contributed by atoms with Crippen molar-refractivity contribution in [2.45, 2.75) is 13.2 Å². The van der Waals surface area contributed by atoms with Crippen molar-refractivity contribution in [2.24, 2.45) is 0 Å². The Morgan fingerprint density at radius 2 is 1.83 bits per heavy atom. The van der Waals surface area contributed by atoms with Gasteiger partial charge in [-0.1, -0.05) is 53.5 Å². The molecule has 3 aromatic rings. The third kappa shape index (κ3) is 3.58. The number of hydrogen-bond donors (Lipinski definition) is 0. The van der Waals surface area contributed by atoms with Gasteiger partial charge in [0.25, 0.3) is 5.56 Å². The van der Waals surface area contributed by atoms with Crippen molar-refractivity contribution in [1.29, 1.82) is 0 Å². The molecule has 3 rings (SSSR count). The topological polar surface area (TPSA) is 61.2 Å². The lowest BCUT2D eigenvalue weighted by atomic mass is 10.2. The fourth-order valence-electron chi connectivity index (χ4n) is 2.23. The highest BCUT2D eigenvalue weighted by Gasteiger charge is 2.12. The van der Waals surface area contributed by atoms with E-state index in [4.69, 9.17) is 27.9 Å². The first-order valence-electron chi connectivity index (χ1n) is 7.09. The summed E-state index contributed by atoms with van der Waals surface area (Å²) in [4.78, 5) is 28.1. The number of hydrogen-bond acceptors (Lipinski definition) is 4. The summed E-state index contributed by atoms with van der Waals surface area (Å²) in [6.07, 6.45) is 1.14. The van der Waals surface area contributed by atoms with E-state index in [0.29, 0.717) is 16.1 Å². The minimum Gasteiger partial charge on any atom is -0.459 e. The van der Waals surface area contributed by atoms with E-state index in [-0.39, 0.29) is 18.2 Å². The Bertz CT molecular complexity index is 955. The van der Waals surface area contributed by atoms with E-state index in [2.05, 4.69) is 4.98 Å². The second-order valence-corrected chi connectivity index (χ2v) is 5.90. The summed E-state index contributed by atoms with van der Waals surface area (Å²) >= 11 is 12.0. The number of fused-ring (bicyclic) bond motifs is 1. The van der Waals surface area contributed by atoms with Crippen LogP contribution in [0.25, 0.3) is 11.0 Å². The molecule has 5 nitrogen and oxygen atoms in total. The molecule has 7 heteroatoms. The highest BCUT2D eigenvalue weighted by Crippen LogP contribution is 2.26. The van der Waals surface area contributed by atoms with E-state index in [1.165, 1.54) is 10.6 Å². The first-order valence-corrected chi connectivity index (χ1v) is 7.84. The molecule has 0 N–H and O–H groups in total. The second-order valence-electron chi connectivity index (χ2n) is 5.08. The number of benzene rings is 2. The maximum absolute atomic E-state index is 12.1. The average molecular weight is 363 g/mol. The summed E-state index contributed by atoms with van der Waals surface area (Å²) in [6, 6.07) is 12.4. The average Bonchev–Trinajstić information content (AvgIpc) is 2.58. The van der Waals surface area contributed by atoms with Crippen molar-refractivity contribution < 1.29 is 9.53 Å². The van der Waals surface area contributed by atoms with Crippen LogP contribution in [0.4, 0.5) is 0 Å². The number of esters is 1. The fourth-order valence-corrected chi connectivity index (χ4v) is 2.55. The zero-order chi connectivity index (χ0) is 17.1. The molecular formula is C17H12Cl2N2O3. The Hall–Kier alpha value is -2.37. The van der Waals surface area contributed by atoms with Gasteiger partial charge in [0.05, 0.1) is 27.3 Å². The molecule has 0 atom stereocenters. The van der Waals surface area contributed by atoms with Gasteiger partial charge in [0.2, 0.25) is 0 Å². The third-order valence-corrected chi connectivity index (χ3v) is 4.14. The van der Waals surface area contributed by atoms with Crippen LogP contribution in [-0.2, 0) is 22.7 Å². The van der Waals surface area contributed by atoms with E-state index in [1.807, 2.05) is 30.3 Å². The lowest BCUT2D eigenvalue weighted by Gasteiger charge is -2.10. The summed E-state index contributed by atoms with van der Waals surface area (Å²) in [7, 11) is 0. The Kier molecular flexibility index (Phi) is 4.83. The molecule has 0 aliphatic rings. The van der Waals surface area contributed by atoms with Gasteiger partial charge in [-0.25, -0.2) is 4.98 Å². The molecule has 24 heavy (non-hydrogen) atoms. The number of rotatable bonds is 4. The van der Waals surface area contributed by atoms with Gasteiger partial charge in [0.15, 0.2) is 0 Å². The zero-order valence-electron chi connectivity index (χ0n) is 12.4. The lowest BCUT2D eigenvalue weighted by Crippen LogP contribution is -2.25. The molecule has 0 amide bonds. The summed E-state index contributed by atoms with van der Waals surface area (Å²) < 4.78 is 6.47. The van der Waals surface area contributed by atoms with Crippen LogP contribution in [0.3, 0.4) is 0 Å². The molecule has 0 saturated heterocycles. The number of nitrogens with zero attached hydrogens (tertiary/aromatic N) is 2. The Labute approximate surface area is 147 Å². The van der Waals surface area contributed by atoms with E-state index in [1.54, 1.807) is 6.07 Å². The monoisotopic (exact) mass is 362 g/mol. The van der Waals surface area contributed by atoms with E-state index in [9.17, 15) is 9.59 Å². The van der Waals surface area contributed by atoms with Crippen molar-refractivity contribution in [2.75, 3.05) is 0 Å². The maximum Gasteiger partial charge on any atom is 0.326 e. The standard InChI is InChI=1S/C17H12Cl2N2O3/c18-12-6-14-15(7-13(12)19)21(16(22)8-20-14)9-17(23)24-10-11-4-2-1-3-5-11/h1-8H,9-10H2. The Morgan fingerprint density at radius 1 is 1.12 bits per heavy atom. The Morgan fingerprint density at radius 3 is 2.58 bits per heavy atom. The van der Waals surface area contributed by atoms with Gasteiger partial charge >= 0.3 is 5.97 Å². The van der Waals surface area contributed by atoms with Crippen LogP contribution in [0.5, 0.6) is 0 Å². The van der Waals surface area contributed by atoms with E-state index < -0.39 is 11.5 Å². The van der Waals surface area contributed by atoms with Gasteiger partial charge in [0, 0.05) is 0 Å². The summed E-state index contributed by atoms with van der Waals surface area (Å²) in [5, 5.41) is 0.608. The predicted octanol–water partition coefficient (Wildman–Crippen LogP) is 3.45. The second kappa shape index (κ2) is 7.03. The van der Waals surface area contributed by atoms with Crippen LogP contribution >= 0.6 is 23.2 Å². The smallest absolute Gasteiger partial charge is 0.326 e. The van der Waals surface area contributed by atoms with Gasteiger partial charge in [-0.05, 0) is 17.7 Å². The fraction of sp³-hybridized carbons (Fsp3) is 0.118. The molecule has 122 valence electrons.